The summed E-state index contributed by atoms with van der Waals surface area (Å²) in [7, 11) is 1.64. The number of carbonyl (C=O) groups excluding carboxylic acids is 1. The van der Waals surface area contributed by atoms with E-state index in [1.807, 2.05) is 26.0 Å². The monoisotopic (exact) mass is 260 g/mol. The van der Waals surface area contributed by atoms with Crippen LogP contribution in [0.5, 0.6) is 5.75 Å². The Bertz CT molecular complexity index is 523. The van der Waals surface area contributed by atoms with Crippen LogP contribution in [-0.4, -0.2) is 23.9 Å². The van der Waals surface area contributed by atoms with Crippen LogP contribution >= 0.6 is 0 Å². The quantitative estimate of drug-likeness (QED) is 0.837. The highest BCUT2D eigenvalue weighted by molar-refractivity contribution is 5.85. The molecule has 2 atom stereocenters. The molecule has 0 saturated heterocycles. The van der Waals surface area contributed by atoms with Crippen molar-refractivity contribution in [2.75, 3.05) is 7.11 Å². The molecule has 0 amide bonds. The Labute approximate surface area is 113 Å². The average molecular weight is 260 g/mol. The maximum Gasteiger partial charge on any atom is 0.145 e. The summed E-state index contributed by atoms with van der Waals surface area (Å²) < 4.78 is 5.36. The van der Waals surface area contributed by atoms with E-state index in [4.69, 9.17) is 10.5 Å². The molecular weight excluding hydrogens is 240 g/mol. The number of ketones is 1. The second-order valence-corrected chi connectivity index (χ2v) is 5.08. The van der Waals surface area contributed by atoms with Crippen molar-refractivity contribution < 1.29 is 9.53 Å². The minimum absolute atomic E-state index is 0.00978. The molecule has 102 valence electrons. The minimum atomic E-state index is -0.0662. The molecule has 0 aromatic carbocycles. The van der Waals surface area contributed by atoms with Gasteiger partial charge >= 0.3 is 0 Å². The molecule has 0 fully saturated rings. The highest BCUT2D eigenvalue weighted by Crippen LogP contribution is 2.26. The number of aromatic nitrogens is 1. The van der Waals surface area contributed by atoms with Gasteiger partial charge in [0.2, 0.25) is 0 Å². The molecule has 0 aliphatic heterocycles. The van der Waals surface area contributed by atoms with Gasteiger partial charge in [-0.05, 0) is 20.3 Å². The number of carbonyl (C=O) groups is 1. The molecule has 19 heavy (non-hydrogen) atoms. The second kappa shape index (κ2) is 5.53. The number of methoxy groups -OCH3 is 1. The molecule has 1 aromatic rings. The van der Waals surface area contributed by atoms with Gasteiger partial charge in [0.1, 0.15) is 11.5 Å². The number of aryl methyl sites for hydroxylation is 1. The van der Waals surface area contributed by atoms with E-state index in [0.29, 0.717) is 12.8 Å². The van der Waals surface area contributed by atoms with Crippen molar-refractivity contribution >= 4 is 5.78 Å². The Hall–Kier alpha value is -1.68. The van der Waals surface area contributed by atoms with Crippen molar-refractivity contribution in [2.45, 2.75) is 32.7 Å². The zero-order valence-corrected chi connectivity index (χ0v) is 11.6. The van der Waals surface area contributed by atoms with E-state index in [1.54, 1.807) is 13.3 Å². The first kappa shape index (κ1) is 13.7. The van der Waals surface area contributed by atoms with Crippen LogP contribution in [0.25, 0.3) is 0 Å². The van der Waals surface area contributed by atoms with E-state index in [9.17, 15) is 4.79 Å². The fourth-order valence-corrected chi connectivity index (χ4v) is 2.51. The van der Waals surface area contributed by atoms with Gasteiger partial charge in [0.25, 0.3) is 0 Å². The van der Waals surface area contributed by atoms with Crippen molar-refractivity contribution in [3.63, 3.8) is 0 Å². The van der Waals surface area contributed by atoms with Crippen molar-refractivity contribution in [1.29, 1.82) is 0 Å². The lowest BCUT2D eigenvalue weighted by atomic mass is 9.97. The van der Waals surface area contributed by atoms with E-state index in [1.165, 1.54) is 0 Å². The molecule has 0 spiro atoms. The summed E-state index contributed by atoms with van der Waals surface area (Å²) in [5.74, 6) is 0.922. The van der Waals surface area contributed by atoms with Gasteiger partial charge in [-0.1, -0.05) is 12.2 Å². The predicted octanol–water partition coefficient (Wildman–Crippen LogP) is 1.72. The molecule has 2 unspecified atom stereocenters. The van der Waals surface area contributed by atoms with E-state index >= 15 is 0 Å². The SMILES string of the molecule is COc1c(C)cnc(CC(=O)C2C=CC(N)C2)c1C. The van der Waals surface area contributed by atoms with Crippen molar-refractivity contribution in [3.8, 4) is 5.75 Å². The van der Waals surface area contributed by atoms with Crippen LogP contribution in [0, 0.1) is 19.8 Å². The molecule has 1 aliphatic rings. The molecule has 0 saturated carbocycles. The Balaban J connectivity index is 2.16. The number of pyridine rings is 1. The van der Waals surface area contributed by atoms with Gasteiger partial charge in [0.05, 0.1) is 12.8 Å². The van der Waals surface area contributed by atoms with Gasteiger partial charge in [0.15, 0.2) is 0 Å². The van der Waals surface area contributed by atoms with Crippen LogP contribution in [0.1, 0.15) is 23.2 Å². The van der Waals surface area contributed by atoms with Crippen molar-refractivity contribution in [2.24, 2.45) is 11.7 Å². The fraction of sp³-hybridized carbons (Fsp3) is 0.467. The molecule has 1 heterocycles. The lowest BCUT2D eigenvalue weighted by Crippen LogP contribution is -2.20. The largest absolute Gasteiger partial charge is 0.496 e. The Morgan fingerprint density at radius 2 is 2.21 bits per heavy atom. The molecular formula is C15H20N2O2. The number of allylic oxidation sites excluding steroid dienone is 1. The van der Waals surface area contributed by atoms with Crippen LogP contribution in [0.15, 0.2) is 18.3 Å². The Kier molecular flexibility index (Phi) is 4.00. The highest BCUT2D eigenvalue weighted by Gasteiger charge is 2.24. The van der Waals surface area contributed by atoms with Crippen LogP contribution in [-0.2, 0) is 11.2 Å². The van der Waals surface area contributed by atoms with Crippen LogP contribution in [0.3, 0.4) is 0 Å². The predicted molar refractivity (Wildman–Crippen MR) is 74.2 cm³/mol. The summed E-state index contributed by atoms with van der Waals surface area (Å²) in [4.78, 5) is 16.6. The van der Waals surface area contributed by atoms with Crippen LogP contribution in [0.2, 0.25) is 0 Å². The minimum Gasteiger partial charge on any atom is -0.496 e. The third kappa shape index (κ3) is 2.84. The number of nitrogens with zero attached hydrogens (tertiary/aromatic N) is 1. The smallest absolute Gasteiger partial charge is 0.145 e. The number of hydrogen-bond acceptors (Lipinski definition) is 4. The lowest BCUT2D eigenvalue weighted by molar-refractivity contribution is -0.120. The molecule has 4 heteroatoms. The first-order chi connectivity index (χ1) is 9.02. The van der Waals surface area contributed by atoms with Crippen molar-refractivity contribution in [3.05, 3.63) is 35.2 Å². The lowest BCUT2D eigenvalue weighted by Gasteiger charge is -2.13. The third-order valence-corrected chi connectivity index (χ3v) is 3.62. The van der Waals surface area contributed by atoms with Crippen LogP contribution < -0.4 is 10.5 Å². The number of Topliss-reactive ketones (excluding diaryl/α,β-unsaturated/α-hetero) is 1. The third-order valence-electron chi connectivity index (χ3n) is 3.62. The average Bonchev–Trinajstić information content (AvgIpc) is 2.80. The zero-order valence-electron chi connectivity index (χ0n) is 11.6. The molecule has 1 aliphatic carbocycles. The number of rotatable bonds is 4. The molecule has 0 bridgehead atoms. The van der Waals surface area contributed by atoms with Gasteiger partial charge in [-0.3, -0.25) is 9.78 Å². The summed E-state index contributed by atoms with van der Waals surface area (Å²) in [5, 5.41) is 0. The summed E-state index contributed by atoms with van der Waals surface area (Å²) >= 11 is 0. The van der Waals surface area contributed by atoms with Gasteiger partial charge < -0.3 is 10.5 Å². The van der Waals surface area contributed by atoms with E-state index in [-0.39, 0.29) is 17.7 Å². The van der Waals surface area contributed by atoms with Crippen molar-refractivity contribution in [1.82, 2.24) is 4.98 Å². The molecule has 2 N–H and O–H groups in total. The zero-order chi connectivity index (χ0) is 14.0. The number of ether oxygens (including phenoxy) is 1. The Morgan fingerprint density at radius 1 is 1.47 bits per heavy atom. The normalized spacial score (nSPS) is 21.7. The van der Waals surface area contributed by atoms with E-state index in [0.717, 1.165) is 22.6 Å². The van der Waals surface area contributed by atoms with E-state index < -0.39 is 0 Å². The van der Waals surface area contributed by atoms with Gasteiger partial charge in [-0.2, -0.15) is 0 Å². The van der Waals surface area contributed by atoms with Gasteiger partial charge in [-0.25, -0.2) is 0 Å². The standard InChI is InChI=1S/C15H20N2O2/c1-9-8-17-13(10(2)15(9)19-3)7-14(18)11-4-5-12(16)6-11/h4-5,8,11-12H,6-7,16H2,1-3H3. The maximum absolute atomic E-state index is 12.2. The highest BCUT2D eigenvalue weighted by atomic mass is 16.5. The summed E-state index contributed by atoms with van der Waals surface area (Å²) in [6.07, 6.45) is 6.61. The van der Waals surface area contributed by atoms with Crippen LogP contribution in [0.4, 0.5) is 0 Å². The van der Waals surface area contributed by atoms with Gasteiger partial charge in [0, 0.05) is 35.7 Å². The Morgan fingerprint density at radius 3 is 2.79 bits per heavy atom. The molecule has 1 aromatic heterocycles. The van der Waals surface area contributed by atoms with Gasteiger partial charge in [-0.15, -0.1) is 0 Å². The van der Waals surface area contributed by atoms with E-state index in [2.05, 4.69) is 4.98 Å². The topological polar surface area (TPSA) is 65.2 Å². The second-order valence-electron chi connectivity index (χ2n) is 5.08. The number of nitrogens with two attached hydrogens (primary N) is 1. The molecule has 2 rings (SSSR count). The maximum atomic E-state index is 12.2. The fourth-order valence-electron chi connectivity index (χ4n) is 2.51. The molecule has 4 nitrogen and oxygen atoms in total. The first-order valence-electron chi connectivity index (χ1n) is 6.48. The number of hydrogen-bond donors (Lipinski definition) is 1. The first-order valence-corrected chi connectivity index (χ1v) is 6.48. The summed E-state index contributed by atoms with van der Waals surface area (Å²) in [6.45, 7) is 3.89. The molecule has 0 radical (unpaired) electrons. The summed E-state index contributed by atoms with van der Waals surface area (Å²) in [6, 6.07) is 0.00978. The summed E-state index contributed by atoms with van der Waals surface area (Å²) in [5.41, 5.74) is 8.50.